The molecule has 0 aromatic rings. The van der Waals surface area contributed by atoms with Crippen LogP contribution >= 0.6 is 12.6 Å². The average Bonchev–Trinajstić information content (AvgIpc) is 1.80. The first-order chi connectivity index (χ1) is 4.84. The predicted octanol–water partition coefficient (Wildman–Crippen LogP) is 0.739. The van der Waals surface area contributed by atoms with Crippen LogP contribution in [-0.4, -0.2) is 16.5 Å². The van der Waals surface area contributed by atoms with Gasteiger partial charge in [0, 0.05) is 4.75 Å². The highest BCUT2D eigenvalue weighted by atomic mass is 32.1. The Balaban J connectivity index is 4.12. The largest absolute Gasteiger partial charge is 0.350 e. The molecule has 0 radical (unpaired) electrons. The highest BCUT2D eigenvalue weighted by Gasteiger charge is 2.15. The highest BCUT2D eigenvalue weighted by Crippen LogP contribution is 2.13. The van der Waals surface area contributed by atoms with E-state index in [4.69, 9.17) is 5.73 Å². The van der Waals surface area contributed by atoms with Crippen LogP contribution in [0.25, 0.3) is 0 Å². The van der Waals surface area contributed by atoms with Gasteiger partial charge in [0.15, 0.2) is 0 Å². The lowest BCUT2D eigenvalue weighted by Gasteiger charge is -2.15. The molecule has 0 atom stereocenters. The molecule has 0 spiro atoms. The van der Waals surface area contributed by atoms with Gasteiger partial charge >= 0.3 is 6.03 Å². The van der Waals surface area contributed by atoms with Crippen molar-refractivity contribution in [2.75, 3.05) is 0 Å². The van der Waals surface area contributed by atoms with Gasteiger partial charge in [-0.25, -0.2) is 10.2 Å². The van der Waals surface area contributed by atoms with Gasteiger partial charge in [-0.1, -0.05) is 0 Å². The summed E-state index contributed by atoms with van der Waals surface area (Å²) in [7, 11) is 0. The number of nitrogens with two attached hydrogens (primary N) is 1. The van der Waals surface area contributed by atoms with E-state index in [0.29, 0.717) is 5.71 Å². The first-order valence-corrected chi connectivity index (χ1v) is 3.61. The lowest BCUT2D eigenvalue weighted by atomic mass is 10.1. The molecule has 11 heavy (non-hydrogen) atoms. The molecule has 0 aliphatic carbocycles. The van der Waals surface area contributed by atoms with Crippen molar-refractivity contribution >= 4 is 24.4 Å². The second-order valence-corrected chi connectivity index (χ2v) is 3.85. The summed E-state index contributed by atoms with van der Waals surface area (Å²) >= 11 is 4.23. The van der Waals surface area contributed by atoms with E-state index in [0.717, 1.165) is 0 Å². The number of hydrogen-bond acceptors (Lipinski definition) is 3. The topological polar surface area (TPSA) is 67.5 Å². The zero-order valence-corrected chi connectivity index (χ0v) is 7.77. The highest BCUT2D eigenvalue weighted by molar-refractivity contribution is 7.82. The van der Waals surface area contributed by atoms with E-state index in [2.05, 4.69) is 23.2 Å². The normalized spacial score (nSPS) is 12.9. The molecule has 0 bridgehead atoms. The minimum absolute atomic E-state index is 0.331. The van der Waals surface area contributed by atoms with Gasteiger partial charge < -0.3 is 5.73 Å². The molecule has 3 N–H and O–H groups in total. The Labute approximate surface area is 71.6 Å². The zero-order chi connectivity index (χ0) is 9.07. The Morgan fingerprint density at radius 3 is 2.36 bits per heavy atom. The second-order valence-electron chi connectivity index (χ2n) is 2.73. The van der Waals surface area contributed by atoms with Gasteiger partial charge in [0.25, 0.3) is 0 Å². The minimum atomic E-state index is -0.665. The van der Waals surface area contributed by atoms with E-state index < -0.39 is 6.03 Å². The summed E-state index contributed by atoms with van der Waals surface area (Å²) in [5.74, 6) is 0. The number of primary amides is 1. The standard InChI is InChI=1S/C6H13N3OS/c1-4(6(2,3)11)8-9-5(7)10/h11H,1-3H3,(H3,7,9,10)/b8-4+. The van der Waals surface area contributed by atoms with E-state index in [1.165, 1.54) is 0 Å². The number of urea groups is 1. The van der Waals surface area contributed by atoms with Crippen molar-refractivity contribution in [3.63, 3.8) is 0 Å². The third-order valence-corrected chi connectivity index (χ3v) is 1.54. The number of amides is 2. The lowest BCUT2D eigenvalue weighted by Crippen LogP contribution is -2.30. The quantitative estimate of drug-likeness (QED) is 0.323. The van der Waals surface area contributed by atoms with Crippen LogP contribution < -0.4 is 11.2 Å². The smallest absolute Gasteiger partial charge is 0.332 e. The van der Waals surface area contributed by atoms with E-state index in [1.807, 2.05) is 13.8 Å². The molecule has 4 nitrogen and oxygen atoms in total. The van der Waals surface area contributed by atoms with Crippen molar-refractivity contribution in [3.05, 3.63) is 0 Å². The molecule has 0 saturated carbocycles. The van der Waals surface area contributed by atoms with Gasteiger partial charge in [-0.3, -0.25) is 0 Å². The van der Waals surface area contributed by atoms with Crippen LogP contribution in [0, 0.1) is 0 Å². The Morgan fingerprint density at radius 1 is 1.64 bits per heavy atom. The number of nitrogens with zero attached hydrogens (tertiary/aromatic N) is 1. The van der Waals surface area contributed by atoms with Crippen molar-refractivity contribution in [2.24, 2.45) is 10.8 Å². The van der Waals surface area contributed by atoms with Crippen LogP contribution in [0.5, 0.6) is 0 Å². The van der Waals surface area contributed by atoms with Gasteiger partial charge in [0.1, 0.15) is 0 Å². The van der Waals surface area contributed by atoms with Crippen molar-refractivity contribution in [2.45, 2.75) is 25.5 Å². The van der Waals surface area contributed by atoms with Gasteiger partial charge in [-0.2, -0.15) is 17.7 Å². The summed E-state index contributed by atoms with van der Waals surface area (Å²) in [6.07, 6.45) is 0. The monoisotopic (exact) mass is 175 g/mol. The number of hydrogen-bond donors (Lipinski definition) is 3. The van der Waals surface area contributed by atoms with Crippen molar-refractivity contribution in [1.29, 1.82) is 0 Å². The summed E-state index contributed by atoms with van der Waals surface area (Å²) < 4.78 is -0.331. The average molecular weight is 175 g/mol. The van der Waals surface area contributed by atoms with E-state index in [-0.39, 0.29) is 4.75 Å². The van der Waals surface area contributed by atoms with E-state index in [1.54, 1.807) is 6.92 Å². The van der Waals surface area contributed by atoms with Crippen LogP contribution in [0.15, 0.2) is 5.10 Å². The van der Waals surface area contributed by atoms with Crippen molar-refractivity contribution in [1.82, 2.24) is 5.43 Å². The predicted molar refractivity (Wildman–Crippen MR) is 48.9 cm³/mol. The Hall–Kier alpha value is -0.710. The van der Waals surface area contributed by atoms with Gasteiger partial charge in [-0.05, 0) is 20.8 Å². The summed E-state index contributed by atoms with van der Waals surface area (Å²) in [5.41, 5.74) is 7.64. The van der Waals surface area contributed by atoms with Gasteiger partial charge in [0.2, 0.25) is 0 Å². The number of thiol groups is 1. The first kappa shape index (κ1) is 10.3. The maximum Gasteiger partial charge on any atom is 0.332 e. The maximum atomic E-state index is 10.2. The van der Waals surface area contributed by atoms with Crippen LogP contribution in [0.4, 0.5) is 4.79 Å². The van der Waals surface area contributed by atoms with E-state index in [9.17, 15) is 4.79 Å². The van der Waals surface area contributed by atoms with Gasteiger partial charge in [0.05, 0.1) is 5.71 Å². The van der Waals surface area contributed by atoms with Crippen molar-refractivity contribution in [3.8, 4) is 0 Å². The number of rotatable bonds is 2. The zero-order valence-electron chi connectivity index (χ0n) is 6.88. The molecule has 2 amide bonds. The number of hydrazone groups is 1. The van der Waals surface area contributed by atoms with E-state index >= 15 is 0 Å². The molecule has 0 saturated heterocycles. The molecule has 5 heteroatoms. The molecular formula is C6H13N3OS. The van der Waals surface area contributed by atoms with Crippen LogP contribution in [-0.2, 0) is 0 Å². The van der Waals surface area contributed by atoms with Gasteiger partial charge in [-0.15, -0.1) is 0 Å². The molecule has 0 fully saturated rings. The fraction of sp³-hybridized carbons (Fsp3) is 0.667. The summed E-state index contributed by atoms with van der Waals surface area (Å²) in [5, 5.41) is 3.71. The Kier molecular flexibility index (Phi) is 3.38. The second kappa shape index (κ2) is 3.61. The SMILES string of the molecule is C/C(=N\NC(N)=O)C(C)(C)S. The minimum Gasteiger partial charge on any atom is -0.350 e. The molecule has 0 aromatic carbocycles. The van der Waals surface area contributed by atoms with Crippen LogP contribution in [0.2, 0.25) is 0 Å². The molecule has 0 aromatic heterocycles. The fourth-order valence-corrected chi connectivity index (χ4v) is 0.326. The first-order valence-electron chi connectivity index (χ1n) is 3.16. The third-order valence-electron chi connectivity index (χ3n) is 1.22. The molecule has 0 rings (SSSR count). The fourth-order valence-electron chi connectivity index (χ4n) is 0.276. The molecule has 0 aliphatic rings. The summed E-state index contributed by atoms with van der Waals surface area (Å²) in [4.78, 5) is 10.2. The summed E-state index contributed by atoms with van der Waals surface area (Å²) in [6.45, 7) is 5.51. The maximum absolute atomic E-state index is 10.2. The van der Waals surface area contributed by atoms with Crippen molar-refractivity contribution < 1.29 is 4.79 Å². The number of nitrogens with one attached hydrogen (secondary N) is 1. The molecule has 0 heterocycles. The molecule has 64 valence electrons. The third kappa shape index (κ3) is 4.66. The number of carbonyl (C=O) groups is 1. The Bertz CT molecular complexity index is 183. The lowest BCUT2D eigenvalue weighted by molar-refractivity contribution is 0.249. The summed E-state index contributed by atoms with van der Waals surface area (Å²) in [6, 6.07) is -0.665. The number of carbonyl (C=O) groups excluding carboxylic acids is 1. The molecule has 0 unspecified atom stereocenters. The van der Waals surface area contributed by atoms with Crippen LogP contribution in [0.1, 0.15) is 20.8 Å². The molecular weight excluding hydrogens is 162 g/mol. The molecule has 0 aliphatic heterocycles. The van der Waals surface area contributed by atoms with Crippen LogP contribution in [0.3, 0.4) is 0 Å². The Morgan fingerprint density at radius 2 is 2.09 bits per heavy atom.